The van der Waals surface area contributed by atoms with Gasteiger partial charge >= 0.3 is 0 Å². The maximum Gasteiger partial charge on any atom is 0.289 e. The van der Waals surface area contributed by atoms with E-state index in [1.807, 2.05) is 41.8 Å². The lowest BCUT2D eigenvalue weighted by Gasteiger charge is -2.34. The third kappa shape index (κ3) is 4.98. The minimum absolute atomic E-state index is 0.0337. The van der Waals surface area contributed by atoms with Gasteiger partial charge in [-0.25, -0.2) is 0 Å². The molecule has 0 aliphatic carbocycles. The van der Waals surface area contributed by atoms with Gasteiger partial charge in [-0.3, -0.25) is 14.5 Å². The summed E-state index contributed by atoms with van der Waals surface area (Å²) in [5.74, 6) is 0.341. The van der Waals surface area contributed by atoms with Crippen molar-refractivity contribution >= 4 is 23.2 Å². The number of thiophene rings is 1. The van der Waals surface area contributed by atoms with Gasteiger partial charge in [-0.15, -0.1) is 11.3 Å². The molecule has 156 valence electrons. The van der Waals surface area contributed by atoms with Gasteiger partial charge in [0.15, 0.2) is 5.76 Å². The van der Waals surface area contributed by atoms with Crippen molar-refractivity contribution in [1.29, 1.82) is 0 Å². The first-order chi connectivity index (χ1) is 14.7. The number of nitrogens with zero attached hydrogens (tertiary/aromatic N) is 2. The Labute approximate surface area is 180 Å². The molecular formula is C23H25N3O3S. The van der Waals surface area contributed by atoms with Crippen LogP contribution in [-0.4, -0.2) is 54.3 Å². The second-order valence-corrected chi connectivity index (χ2v) is 8.27. The topological polar surface area (TPSA) is 65.8 Å². The number of carbonyl (C=O) groups excluding carboxylic acids is 2. The SMILES string of the molecule is O=C(CCN1CCN(C(=O)c2ccco2)CC1)N[C@H](c1ccccc1)c1cccs1. The van der Waals surface area contributed by atoms with E-state index in [2.05, 4.69) is 16.3 Å². The first kappa shape index (κ1) is 20.4. The third-order valence-corrected chi connectivity index (χ3v) is 6.25. The maximum absolute atomic E-state index is 12.7. The summed E-state index contributed by atoms with van der Waals surface area (Å²) < 4.78 is 5.20. The molecule has 1 saturated heterocycles. The Balaban J connectivity index is 1.27. The van der Waals surface area contributed by atoms with Crippen molar-refractivity contribution in [3.63, 3.8) is 0 Å². The highest BCUT2D eigenvalue weighted by molar-refractivity contribution is 7.10. The third-order valence-electron chi connectivity index (χ3n) is 5.31. The molecule has 30 heavy (non-hydrogen) atoms. The van der Waals surface area contributed by atoms with E-state index in [0.717, 1.165) is 23.5 Å². The van der Waals surface area contributed by atoms with E-state index in [-0.39, 0.29) is 17.9 Å². The molecular weight excluding hydrogens is 398 g/mol. The Morgan fingerprint density at radius 1 is 1.00 bits per heavy atom. The van der Waals surface area contributed by atoms with Gasteiger partial charge in [0.1, 0.15) is 0 Å². The van der Waals surface area contributed by atoms with Crippen LogP contribution in [0.3, 0.4) is 0 Å². The molecule has 1 aliphatic rings. The number of carbonyl (C=O) groups is 2. The van der Waals surface area contributed by atoms with E-state index in [1.54, 1.807) is 28.4 Å². The molecule has 1 N–H and O–H groups in total. The molecule has 1 fully saturated rings. The van der Waals surface area contributed by atoms with E-state index >= 15 is 0 Å². The highest BCUT2D eigenvalue weighted by Gasteiger charge is 2.24. The van der Waals surface area contributed by atoms with Gasteiger partial charge in [0.25, 0.3) is 5.91 Å². The highest BCUT2D eigenvalue weighted by atomic mass is 32.1. The van der Waals surface area contributed by atoms with Crippen molar-refractivity contribution < 1.29 is 14.0 Å². The zero-order chi connectivity index (χ0) is 20.8. The lowest BCUT2D eigenvalue weighted by atomic mass is 10.1. The lowest BCUT2D eigenvalue weighted by molar-refractivity contribution is -0.122. The molecule has 0 unspecified atom stereocenters. The number of furan rings is 1. The number of amides is 2. The van der Waals surface area contributed by atoms with Crippen LogP contribution in [0.15, 0.2) is 70.7 Å². The summed E-state index contributed by atoms with van der Waals surface area (Å²) in [5.41, 5.74) is 1.08. The van der Waals surface area contributed by atoms with Crippen LogP contribution in [0.25, 0.3) is 0 Å². The van der Waals surface area contributed by atoms with Crippen molar-refractivity contribution in [1.82, 2.24) is 15.1 Å². The van der Waals surface area contributed by atoms with Crippen LogP contribution in [-0.2, 0) is 4.79 Å². The van der Waals surface area contributed by atoms with Crippen LogP contribution in [0, 0.1) is 0 Å². The maximum atomic E-state index is 12.7. The zero-order valence-electron chi connectivity index (χ0n) is 16.7. The molecule has 1 aliphatic heterocycles. The zero-order valence-corrected chi connectivity index (χ0v) is 17.5. The van der Waals surface area contributed by atoms with Gasteiger partial charge in [0.2, 0.25) is 5.91 Å². The molecule has 2 aromatic heterocycles. The average Bonchev–Trinajstić information content (AvgIpc) is 3.51. The molecule has 3 aromatic rings. The van der Waals surface area contributed by atoms with E-state index < -0.39 is 0 Å². The van der Waals surface area contributed by atoms with Crippen LogP contribution in [0.2, 0.25) is 0 Å². The minimum Gasteiger partial charge on any atom is -0.459 e. The summed E-state index contributed by atoms with van der Waals surface area (Å²) in [5, 5.41) is 5.22. The fourth-order valence-electron chi connectivity index (χ4n) is 3.64. The standard InChI is InChI=1S/C23H25N3O3S/c27-21(24-22(20-9-5-17-30-20)18-6-2-1-3-7-18)10-11-25-12-14-26(15-13-25)23(28)19-8-4-16-29-19/h1-9,16-17,22H,10-15H2,(H,24,27)/t22-/m1/s1. The number of rotatable bonds is 7. The average molecular weight is 424 g/mol. The number of nitrogens with one attached hydrogen (secondary N) is 1. The molecule has 4 rings (SSSR count). The first-order valence-electron chi connectivity index (χ1n) is 10.1. The molecule has 0 bridgehead atoms. The van der Waals surface area contributed by atoms with Gasteiger partial charge in [-0.1, -0.05) is 36.4 Å². The number of hydrogen-bond acceptors (Lipinski definition) is 5. The van der Waals surface area contributed by atoms with Gasteiger partial charge in [-0.05, 0) is 29.1 Å². The Hall–Kier alpha value is -2.90. The molecule has 2 amide bonds. The van der Waals surface area contributed by atoms with Crippen molar-refractivity contribution in [2.45, 2.75) is 12.5 Å². The largest absolute Gasteiger partial charge is 0.459 e. The highest BCUT2D eigenvalue weighted by Crippen LogP contribution is 2.26. The molecule has 1 aromatic carbocycles. The van der Waals surface area contributed by atoms with E-state index in [9.17, 15) is 9.59 Å². The Morgan fingerprint density at radius 3 is 2.47 bits per heavy atom. The summed E-state index contributed by atoms with van der Waals surface area (Å²) in [7, 11) is 0. The molecule has 1 atom stereocenters. The van der Waals surface area contributed by atoms with Crippen molar-refractivity contribution in [2.75, 3.05) is 32.7 Å². The van der Waals surface area contributed by atoms with Crippen molar-refractivity contribution in [3.05, 3.63) is 82.4 Å². The summed E-state index contributed by atoms with van der Waals surface area (Å²) in [6.07, 6.45) is 1.95. The predicted octanol–water partition coefficient (Wildman–Crippen LogP) is 3.39. The Morgan fingerprint density at radius 2 is 1.80 bits per heavy atom. The first-order valence-corrected chi connectivity index (χ1v) is 11.0. The van der Waals surface area contributed by atoms with Crippen LogP contribution >= 0.6 is 11.3 Å². The van der Waals surface area contributed by atoms with Crippen LogP contribution in [0.4, 0.5) is 0 Å². The van der Waals surface area contributed by atoms with Gasteiger partial charge in [-0.2, -0.15) is 0 Å². The van der Waals surface area contributed by atoms with Crippen LogP contribution < -0.4 is 5.32 Å². The molecule has 6 nitrogen and oxygen atoms in total. The second-order valence-electron chi connectivity index (χ2n) is 7.29. The molecule has 7 heteroatoms. The normalized spacial score (nSPS) is 15.7. The number of benzene rings is 1. The van der Waals surface area contributed by atoms with E-state index in [0.29, 0.717) is 31.8 Å². The molecule has 0 saturated carbocycles. The second kappa shape index (κ2) is 9.73. The molecule has 3 heterocycles. The number of piperazine rings is 1. The summed E-state index contributed by atoms with van der Waals surface area (Å²) >= 11 is 1.65. The lowest BCUT2D eigenvalue weighted by Crippen LogP contribution is -2.49. The smallest absolute Gasteiger partial charge is 0.289 e. The monoisotopic (exact) mass is 423 g/mol. The quantitative estimate of drug-likeness (QED) is 0.633. The van der Waals surface area contributed by atoms with E-state index in [4.69, 9.17) is 4.42 Å². The minimum atomic E-state index is -0.124. The van der Waals surface area contributed by atoms with Crippen molar-refractivity contribution in [2.24, 2.45) is 0 Å². The van der Waals surface area contributed by atoms with Gasteiger partial charge in [0, 0.05) is 44.0 Å². The summed E-state index contributed by atoms with van der Waals surface area (Å²) in [6.45, 7) is 3.48. The summed E-state index contributed by atoms with van der Waals surface area (Å²) in [4.78, 5) is 30.2. The Kier molecular flexibility index (Phi) is 6.61. The van der Waals surface area contributed by atoms with Crippen LogP contribution in [0.1, 0.15) is 33.5 Å². The predicted molar refractivity (Wildman–Crippen MR) is 116 cm³/mol. The van der Waals surface area contributed by atoms with Crippen LogP contribution in [0.5, 0.6) is 0 Å². The molecule has 0 radical (unpaired) electrons. The van der Waals surface area contributed by atoms with Crippen molar-refractivity contribution in [3.8, 4) is 0 Å². The number of hydrogen-bond donors (Lipinski definition) is 1. The summed E-state index contributed by atoms with van der Waals surface area (Å²) in [6, 6.07) is 17.4. The Bertz CT molecular complexity index is 934. The fraction of sp³-hybridized carbons (Fsp3) is 0.304. The van der Waals surface area contributed by atoms with Gasteiger partial charge < -0.3 is 14.6 Å². The molecule has 0 spiro atoms. The van der Waals surface area contributed by atoms with E-state index in [1.165, 1.54) is 6.26 Å². The fourth-order valence-corrected chi connectivity index (χ4v) is 4.45. The van der Waals surface area contributed by atoms with Gasteiger partial charge in [0.05, 0.1) is 12.3 Å².